The Kier molecular flexibility index (Phi) is 2.87. The summed E-state index contributed by atoms with van der Waals surface area (Å²) in [5, 5.41) is 2.11. The number of hydrogen-bond acceptors (Lipinski definition) is 1. The normalized spacial score (nSPS) is 12.9. The van der Waals surface area contributed by atoms with E-state index >= 15 is 0 Å². The van der Waals surface area contributed by atoms with Crippen LogP contribution in [0, 0.1) is 0 Å². The summed E-state index contributed by atoms with van der Waals surface area (Å²) in [6.45, 7) is 0. The standard InChI is InChI=1S/C24H15ClO/c25-19-12-9-17(10-13-19)20-7-4-8-23-24(20)21-15-18(11-14-22(21)26-23)16-5-2-1-3-6-16/h1-15H/i4D,7D,8D. The first-order valence-electron chi connectivity index (χ1n) is 9.82. The van der Waals surface area contributed by atoms with Crippen LogP contribution in [-0.4, -0.2) is 0 Å². The van der Waals surface area contributed by atoms with Gasteiger partial charge < -0.3 is 4.42 Å². The zero-order chi connectivity index (χ0) is 20.1. The maximum Gasteiger partial charge on any atom is 0.136 e. The van der Waals surface area contributed by atoms with E-state index in [4.69, 9.17) is 20.1 Å². The summed E-state index contributed by atoms with van der Waals surface area (Å²) < 4.78 is 31.1. The zero-order valence-electron chi connectivity index (χ0n) is 16.7. The number of furan rings is 1. The van der Waals surface area contributed by atoms with E-state index in [2.05, 4.69) is 0 Å². The van der Waals surface area contributed by atoms with Crippen molar-refractivity contribution in [3.05, 3.63) is 95.9 Å². The molecule has 0 aliphatic heterocycles. The van der Waals surface area contributed by atoms with Crippen LogP contribution in [0.1, 0.15) is 4.11 Å². The zero-order valence-corrected chi connectivity index (χ0v) is 14.5. The number of fused-ring (bicyclic) bond motifs is 3. The summed E-state index contributed by atoms with van der Waals surface area (Å²) in [5.74, 6) is 0. The van der Waals surface area contributed by atoms with Crippen molar-refractivity contribution in [2.75, 3.05) is 0 Å². The van der Waals surface area contributed by atoms with Gasteiger partial charge in [-0.1, -0.05) is 72.2 Å². The van der Waals surface area contributed by atoms with E-state index < -0.39 is 0 Å². The molecule has 1 aromatic heterocycles. The van der Waals surface area contributed by atoms with Gasteiger partial charge in [-0.2, -0.15) is 0 Å². The maximum atomic E-state index is 8.56. The monoisotopic (exact) mass is 357 g/mol. The molecule has 124 valence electrons. The van der Waals surface area contributed by atoms with E-state index in [0.717, 1.165) is 22.1 Å². The lowest BCUT2D eigenvalue weighted by Crippen LogP contribution is -1.80. The number of halogens is 1. The number of benzene rings is 4. The Morgan fingerprint density at radius 3 is 2.31 bits per heavy atom. The SMILES string of the molecule is [2H]c1c([2H])c(-c2ccc(Cl)cc2)c2c(oc3ccc(-c4ccccc4)cc32)c1[2H]. The fraction of sp³-hybridized carbons (Fsp3) is 0. The van der Waals surface area contributed by atoms with Crippen LogP contribution < -0.4 is 0 Å². The predicted octanol–water partition coefficient (Wildman–Crippen LogP) is 7.57. The molecular weight excluding hydrogens is 340 g/mol. The Labute approximate surface area is 160 Å². The molecule has 0 aliphatic carbocycles. The first-order valence-corrected chi connectivity index (χ1v) is 8.70. The highest BCUT2D eigenvalue weighted by Gasteiger charge is 2.13. The van der Waals surface area contributed by atoms with Gasteiger partial charge in [0.05, 0.1) is 4.11 Å². The van der Waals surface area contributed by atoms with E-state index in [9.17, 15) is 0 Å². The quantitative estimate of drug-likeness (QED) is 0.317. The van der Waals surface area contributed by atoms with E-state index in [0.29, 0.717) is 27.1 Å². The average molecular weight is 358 g/mol. The van der Waals surface area contributed by atoms with Crippen LogP contribution in [0.4, 0.5) is 0 Å². The molecule has 0 spiro atoms. The molecule has 0 amide bonds. The topological polar surface area (TPSA) is 13.1 Å². The van der Waals surface area contributed by atoms with E-state index in [-0.39, 0.29) is 18.1 Å². The van der Waals surface area contributed by atoms with E-state index in [1.54, 1.807) is 12.1 Å². The van der Waals surface area contributed by atoms with Crippen molar-refractivity contribution in [1.82, 2.24) is 0 Å². The van der Waals surface area contributed by atoms with Gasteiger partial charge in [0, 0.05) is 15.8 Å². The van der Waals surface area contributed by atoms with Crippen molar-refractivity contribution in [2.45, 2.75) is 0 Å². The maximum absolute atomic E-state index is 8.56. The van der Waals surface area contributed by atoms with Gasteiger partial charge in [0.2, 0.25) is 0 Å². The van der Waals surface area contributed by atoms with Crippen molar-refractivity contribution < 1.29 is 8.53 Å². The molecule has 0 radical (unpaired) electrons. The Hall–Kier alpha value is -3.03. The van der Waals surface area contributed by atoms with Gasteiger partial charge in [-0.25, -0.2) is 0 Å². The fourth-order valence-corrected chi connectivity index (χ4v) is 3.42. The molecular formula is C24H15ClO. The minimum Gasteiger partial charge on any atom is -0.456 e. The number of hydrogen-bond donors (Lipinski definition) is 0. The van der Waals surface area contributed by atoms with Gasteiger partial charge in [0.15, 0.2) is 0 Å². The summed E-state index contributed by atoms with van der Waals surface area (Å²) in [6, 6.07) is 22.9. The molecule has 0 aliphatic rings. The highest BCUT2D eigenvalue weighted by atomic mass is 35.5. The number of rotatable bonds is 2. The molecule has 0 saturated heterocycles. The third-order valence-corrected chi connectivity index (χ3v) is 4.79. The fourth-order valence-electron chi connectivity index (χ4n) is 3.29. The minimum atomic E-state index is -0.148. The Balaban J connectivity index is 1.90. The lowest BCUT2D eigenvalue weighted by atomic mass is 9.97. The van der Waals surface area contributed by atoms with Gasteiger partial charge in [0.1, 0.15) is 11.2 Å². The van der Waals surface area contributed by atoms with Crippen LogP contribution in [0.5, 0.6) is 0 Å². The van der Waals surface area contributed by atoms with Crippen molar-refractivity contribution in [3.8, 4) is 22.3 Å². The molecule has 0 N–H and O–H groups in total. The second-order valence-electron chi connectivity index (χ2n) is 6.14. The summed E-state index contributed by atoms with van der Waals surface area (Å²) in [6.07, 6.45) is 0. The highest BCUT2D eigenvalue weighted by Crippen LogP contribution is 2.38. The lowest BCUT2D eigenvalue weighted by Gasteiger charge is -2.05. The minimum absolute atomic E-state index is 0.0117. The summed E-state index contributed by atoms with van der Waals surface area (Å²) in [5.41, 5.74) is 4.42. The van der Waals surface area contributed by atoms with Crippen LogP contribution in [0.3, 0.4) is 0 Å². The summed E-state index contributed by atoms with van der Waals surface area (Å²) in [4.78, 5) is 0. The van der Waals surface area contributed by atoms with Gasteiger partial charge >= 0.3 is 0 Å². The summed E-state index contributed by atoms with van der Waals surface area (Å²) >= 11 is 6.04. The van der Waals surface area contributed by atoms with Crippen molar-refractivity contribution in [3.63, 3.8) is 0 Å². The third-order valence-electron chi connectivity index (χ3n) is 4.54. The highest BCUT2D eigenvalue weighted by molar-refractivity contribution is 6.30. The lowest BCUT2D eigenvalue weighted by molar-refractivity contribution is 0.669. The van der Waals surface area contributed by atoms with Crippen LogP contribution >= 0.6 is 11.6 Å². The molecule has 0 saturated carbocycles. The molecule has 2 heteroatoms. The van der Waals surface area contributed by atoms with Crippen LogP contribution in [0.2, 0.25) is 5.02 Å². The molecule has 0 bridgehead atoms. The van der Waals surface area contributed by atoms with E-state index in [1.165, 1.54) is 0 Å². The smallest absolute Gasteiger partial charge is 0.136 e. The first-order chi connectivity index (χ1) is 14.0. The van der Waals surface area contributed by atoms with Crippen LogP contribution in [0.15, 0.2) is 95.3 Å². The molecule has 1 heterocycles. The first kappa shape index (κ1) is 12.3. The molecule has 1 nitrogen and oxygen atoms in total. The van der Waals surface area contributed by atoms with Gasteiger partial charge in [-0.05, 0) is 52.6 Å². The average Bonchev–Trinajstić information content (AvgIpc) is 3.13. The Bertz CT molecular complexity index is 1370. The van der Waals surface area contributed by atoms with Gasteiger partial charge in [0.25, 0.3) is 0 Å². The largest absolute Gasteiger partial charge is 0.456 e. The molecule has 0 fully saturated rings. The summed E-state index contributed by atoms with van der Waals surface area (Å²) in [7, 11) is 0. The van der Waals surface area contributed by atoms with E-state index in [1.807, 2.05) is 60.7 Å². The Morgan fingerprint density at radius 1 is 0.731 bits per heavy atom. The second kappa shape index (κ2) is 6.05. The molecule has 0 unspecified atom stereocenters. The van der Waals surface area contributed by atoms with Crippen LogP contribution in [-0.2, 0) is 0 Å². The van der Waals surface area contributed by atoms with Gasteiger partial charge in [-0.15, -0.1) is 0 Å². The second-order valence-corrected chi connectivity index (χ2v) is 6.58. The molecule has 26 heavy (non-hydrogen) atoms. The van der Waals surface area contributed by atoms with Gasteiger partial charge in [-0.3, -0.25) is 0 Å². The van der Waals surface area contributed by atoms with Crippen molar-refractivity contribution in [2.24, 2.45) is 0 Å². The predicted molar refractivity (Wildman–Crippen MR) is 110 cm³/mol. The van der Waals surface area contributed by atoms with Crippen molar-refractivity contribution >= 4 is 33.5 Å². The van der Waals surface area contributed by atoms with Crippen LogP contribution in [0.25, 0.3) is 44.2 Å². The molecule has 4 aromatic carbocycles. The molecule has 0 atom stereocenters. The van der Waals surface area contributed by atoms with Crippen molar-refractivity contribution in [1.29, 1.82) is 0 Å². The third kappa shape index (κ3) is 2.49. The molecule has 5 aromatic rings. The Morgan fingerprint density at radius 2 is 1.50 bits per heavy atom. The molecule has 5 rings (SSSR count).